The fourth-order valence-electron chi connectivity index (χ4n) is 8.51. The van der Waals surface area contributed by atoms with Crippen molar-refractivity contribution in [1.82, 2.24) is 9.80 Å². The maximum absolute atomic E-state index is 14.3. The normalized spacial score (nSPS) is 19.5. The number of imide groups is 1. The number of carbonyl (C=O) groups is 3. The molecule has 61 heavy (non-hydrogen) atoms. The first-order valence-corrected chi connectivity index (χ1v) is 24.8. The third-order valence-corrected chi connectivity index (χ3v) is 12.2. The van der Waals surface area contributed by atoms with Crippen LogP contribution < -0.4 is 5.73 Å². The minimum absolute atomic E-state index is 0.0122. The summed E-state index contributed by atoms with van der Waals surface area (Å²) in [5, 5.41) is 33.3. The first-order valence-electron chi connectivity index (χ1n) is 24.8. The molecule has 1 saturated heterocycles. The van der Waals surface area contributed by atoms with Crippen LogP contribution in [0.1, 0.15) is 207 Å². The predicted octanol–water partition coefficient (Wildman–Crippen LogP) is 10.3. The standard InChI is InChI=1S/C50H89N3O8/c1-5-7-9-11-13-15-17-18-19-20-21-22-24-26-31-35-44(55)52(36-32-27-25-23-16-14-12-10-8-6-2)49-45(47(57)46(56)43(38-54)61-49)53(48(58)42(51)37-40(3)4)50(59)60-39-41-33-29-28-30-34-41/h28-30,33-34,40,42-43,45-47,49,54,56-57H,5-27,31-32,35-39,51H2,1-4H3/t42-,43+,45+,46+,47+,49+/m0/s1. The number of hydrogen-bond donors (Lipinski definition) is 4. The van der Waals surface area contributed by atoms with E-state index in [0.717, 1.165) is 43.4 Å². The molecule has 1 heterocycles. The number of rotatable bonds is 35. The Balaban J connectivity index is 2.21. The highest BCUT2D eigenvalue weighted by atomic mass is 16.6. The summed E-state index contributed by atoms with van der Waals surface area (Å²) in [7, 11) is 0. The van der Waals surface area contributed by atoms with Crippen LogP contribution in [0.15, 0.2) is 30.3 Å². The van der Waals surface area contributed by atoms with Gasteiger partial charge in [-0.1, -0.05) is 206 Å². The van der Waals surface area contributed by atoms with Crippen LogP contribution in [0.3, 0.4) is 0 Å². The molecule has 0 bridgehead atoms. The number of aliphatic hydroxyl groups excluding tert-OH is 3. The van der Waals surface area contributed by atoms with Crippen LogP contribution in [-0.2, 0) is 25.7 Å². The van der Waals surface area contributed by atoms with Gasteiger partial charge >= 0.3 is 6.09 Å². The van der Waals surface area contributed by atoms with Crippen molar-refractivity contribution in [2.45, 2.75) is 244 Å². The third-order valence-electron chi connectivity index (χ3n) is 12.2. The fraction of sp³-hybridized carbons (Fsp3) is 0.820. The van der Waals surface area contributed by atoms with Crippen molar-refractivity contribution in [3.05, 3.63) is 35.9 Å². The molecule has 1 aromatic rings. The summed E-state index contributed by atoms with van der Waals surface area (Å²) < 4.78 is 12.0. The Hall–Kier alpha value is -2.57. The number of nitrogens with two attached hydrogens (primary N) is 1. The van der Waals surface area contributed by atoms with Gasteiger partial charge in [0, 0.05) is 13.0 Å². The summed E-state index contributed by atoms with van der Waals surface area (Å²) in [6, 6.07) is 6.35. The van der Waals surface area contributed by atoms with E-state index in [9.17, 15) is 29.7 Å². The van der Waals surface area contributed by atoms with Crippen molar-refractivity contribution in [3.8, 4) is 0 Å². The number of benzene rings is 1. The van der Waals surface area contributed by atoms with E-state index in [4.69, 9.17) is 15.2 Å². The Bertz CT molecular complexity index is 1270. The van der Waals surface area contributed by atoms with E-state index in [-0.39, 0.29) is 37.8 Å². The average Bonchev–Trinajstić information content (AvgIpc) is 3.25. The van der Waals surface area contributed by atoms with Gasteiger partial charge in [-0.3, -0.25) is 9.59 Å². The van der Waals surface area contributed by atoms with E-state index < -0.39 is 55.2 Å². The summed E-state index contributed by atoms with van der Waals surface area (Å²) >= 11 is 0. The van der Waals surface area contributed by atoms with Crippen LogP contribution in [0.25, 0.3) is 0 Å². The zero-order valence-electron chi connectivity index (χ0n) is 39.0. The molecule has 0 saturated carbocycles. The first-order chi connectivity index (χ1) is 29.6. The van der Waals surface area contributed by atoms with Gasteiger partial charge in [-0.15, -0.1) is 0 Å². The van der Waals surface area contributed by atoms with Gasteiger partial charge in [0.1, 0.15) is 31.0 Å². The van der Waals surface area contributed by atoms with Gasteiger partial charge in [-0.05, 0) is 30.7 Å². The molecule has 0 radical (unpaired) electrons. The number of aliphatic hydroxyl groups is 3. The van der Waals surface area contributed by atoms with Gasteiger partial charge in [0.15, 0.2) is 6.23 Å². The largest absolute Gasteiger partial charge is 0.444 e. The van der Waals surface area contributed by atoms with Gasteiger partial charge in [-0.2, -0.15) is 0 Å². The van der Waals surface area contributed by atoms with Crippen LogP contribution in [0.5, 0.6) is 0 Å². The Morgan fingerprint density at radius 2 is 1.15 bits per heavy atom. The molecule has 1 fully saturated rings. The molecular weight excluding hydrogens is 771 g/mol. The minimum Gasteiger partial charge on any atom is -0.444 e. The average molecular weight is 860 g/mol. The molecule has 11 heteroatoms. The summed E-state index contributed by atoms with van der Waals surface area (Å²) in [6.07, 6.45) is 22.6. The van der Waals surface area contributed by atoms with E-state index in [1.54, 1.807) is 24.3 Å². The SMILES string of the molecule is CCCCCCCCCCCCCCCCCC(=O)N(CCCCCCCCCCCC)[C@@H]1O[C@H](CO)[C@@H](O)[C@H](O)[C@H]1N(C(=O)OCc1ccccc1)C(=O)[C@@H](N)CC(C)C. The Kier molecular flexibility index (Phi) is 30.3. The molecule has 352 valence electrons. The van der Waals surface area contributed by atoms with Crippen LogP contribution in [0.2, 0.25) is 0 Å². The number of ether oxygens (including phenoxy) is 2. The summed E-state index contributed by atoms with van der Waals surface area (Å²) in [4.78, 5) is 45.0. The lowest BCUT2D eigenvalue weighted by Crippen LogP contribution is -2.71. The van der Waals surface area contributed by atoms with Crippen LogP contribution in [0.4, 0.5) is 4.79 Å². The predicted molar refractivity (Wildman–Crippen MR) is 246 cm³/mol. The molecule has 5 N–H and O–H groups in total. The summed E-state index contributed by atoms with van der Waals surface area (Å²) in [6.45, 7) is 7.76. The molecule has 0 unspecified atom stereocenters. The van der Waals surface area contributed by atoms with E-state index in [0.29, 0.717) is 18.4 Å². The van der Waals surface area contributed by atoms with Crippen molar-refractivity contribution in [1.29, 1.82) is 0 Å². The van der Waals surface area contributed by atoms with Crippen LogP contribution >= 0.6 is 0 Å². The van der Waals surface area contributed by atoms with E-state index in [2.05, 4.69) is 13.8 Å². The highest BCUT2D eigenvalue weighted by Gasteiger charge is 2.53. The molecule has 1 aliphatic heterocycles. The number of carbonyl (C=O) groups excluding carboxylic acids is 3. The number of amides is 3. The lowest BCUT2D eigenvalue weighted by Gasteiger charge is -2.49. The Labute approximate surface area is 370 Å². The van der Waals surface area contributed by atoms with Gasteiger partial charge in [0.2, 0.25) is 11.8 Å². The zero-order chi connectivity index (χ0) is 44.7. The molecule has 0 aromatic heterocycles. The van der Waals surface area contributed by atoms with Crippen LogP contribution in [0, 0.1) is 5.92 Å². The Morgan fingerprint density at radius 3 is 1.61 bits per heavy atom. The molecule has 1 aromatic carbocycles. The van der Waals surface area contributed by atoms with Gasteiger partial charge in [0.25, 0.3) is 0 Å². The van der Waals surface area contributed by atoms with E-state index in [1.807, 2.05) is 19.9 Å². The van der Waals surface area contributed by atoms with Gasteiger partial charge in [0.05, 0.1) is 12.6 Å². The molecule has 1 aliphatic rings. The van der Waals surface area contributed by atoms with Crippen molar-refractivity contribution in [3.63, 3.8) is 0 Å². The number of hydrogen-bond acceptors (Lipinski definition) is 9. The minimum atomic E-state index is -1.76. The Morgan fingerprint density at radius 1 is 0.689 bits per heavy atom. The van der Waals surface area contributed by atoms with Crippen LogP contribution in [-0.4, -0.2) is 92.8 Å². The molecule has 0 aliphatic carbocycles. The second-order valence-electron chi connectivity index (χ2n) is 18.2. The van der Waals surface area contributed by atoms with E-state index in [1.165, 1.54) is 114 Å². The second kappa shape index (κ2) is 33.9. The second-order valence-corrected chi connectivity index (χ2v) is 18.2. The molecular formula is C50H89N3O8. The molecule has 6 atom stereocenters. The number of unbranched alkanes of at least 4 members (excludes halogenated alkanes) is 23. The molecule has 3 amide bonds. The van der Waals surface area contributed by atoms with Crippen molar-refractivity contribution < 1.29 is 39.2 Å². The highest BCUT2D eigenvalue weighted by molar-refractivity contribution is 5.95. The zero-order valence-corrected chi connectivity index (χ0v) is 39.0. The number of nitrogens with zero attached hydrogens (tertiary/aromatic N) is 2. The summed E-state index contributed by atoms with van der Waals surface area (Å²) in [5.41, 5.74) is 7.11. The van der Waals surface area contributed by atoms with Gasteiger partial charge < -0.3 is 35.4 Å². The van der Waals surface area contributed by atoms with Crippen molar-refractivity contribution in [2.75, 3.05) is 13.2 Å². The maximum Gasteiger partial charge on any atom is 0.417 e. The first kappa shape index (κ1) is 54.6. The van der Waals surface area contributed by atoms with Crippen molar-refractivity contribution in [2.24, 2.45) is 11.7 Å². The monoisotopic (exact) mass is 860 g/mol. The molecule has 11 nitrogen and oxygen atoms in total. The topological polar surface area (TPSA) is 163 Å². The lowest BCUT2D eigenvalue weighted by atomic mass is 9.92. The quantitative estimate of drug-likeness (QED) is 0.0487. The van der Waals surface area contributed by atoms with Gasteiger partial charge in [-0.25, -0.2) is 9.69 Å². The molecule has 2 rings (SSSR count). The van der Waals surface area contributed by atoms with E-state index >= 15 is 0 Å². The highest BCUT2D eigenvalue weighted by Crippen LogP contribution is 2.31. The third kappa shape index (κ3) is 22.1. The fourth-order valence-corrected chi connectivity index (χ4v) is 8.51. The molecule has 0 spiro atoms. The maximum atomic E-state index is 14.3. The van der Waals surface area contributed by atoms with Crippen molar-refractivity contribution >= 4 is 17.9 Å². The smallest absolute Gasteiger partial charge is 0.417 e. The lowest BCUT2D eigenvalue weighted by molar-refractivity contribution is -0.245. The summed E-state index contributed by atoms with van der Waals surface area (Å²) in [5.74, 6) is -1.01.